The van der Waals surface area contributed by atoms with Crippen LogP contribution in [0, 0.1) is 0 Å². The van der Waals surface area contributed by atoms with Gasteiger partial charge in [-0.25, -0.2) is 0 Å². The number of carbonyl (C=O) groups excluding carboxylic acids is 1. The van der Waals surface area contributed by atoms with E-state index in [0.29, 0.717) is 0 Å². The molecule has 0 saturated carbocycles. The lowest BCUT2D eigenvalue weighted by atomic mass is 10.2. The molecule has 0 aliphatic rings. The van der Waals surface area contributed by atoms with Crippen LogP contribution >= 0.6 is 0 Å². The summed E-state index contributed by atoms with van der Waals surface area (Å²) in [6.07, 6.45) is 2.69. The normalized spacial score (nSPS) is 9.50. The van der Waals surface area contributed by atoms with Crippen LogP contribution in [0.3, 0.4) is 0 Å². The van der Waals surface area contributed by atoms with Gasteiger partial charge in [-0.15, -0.1) is 0 Å². The summed E-state index contributed by atoms with van der Waals surface area (Å²) in [5, 5.41) is 10.1. The van der Waals surface area contributed by atoms with Crippen LogP contribution in [0.2, 0.25) is 0 Å². The van der Waals surface area contributed by atoms with Crippen LogP contribution in [0.4, 0.5) is 0 Å². The molecule has 0 aromatic heterocycles. The van der Waals surface area contributed by atoms with Gasteiger partial charge in [-0.1, -0.05) is 43.7 Å². The Hall–Kier alpha value is -1.35. The highest BCUT2D eigenvalue weighted by Crippen LogP contribution is 1.94. The van der Waals surface area contributed by atoms with Gasteiger partial charge in [0.2, 0.25) is 0 Å². The van der Waals surface area contributed by atoms with Crippen LogP contribution in [0.25, 0.3) is 0 Å². The monoisotopic (exact) mass is 223 g/mol. The van der Waals surface area contributed by atoms with Gasteiger partial charge in [0.25, 0.3) is 0 Å². The topological polar surface area (TPSA) is 44.6 Å². The molecule has 0 saturated heterocycles. The van der Waals surface area contributed by atoms with E-state index in [1.807, 2.05) is 0 Å². The Morgan fingerprint density at radius 1 is 1.25 bits per heavy atom. The number of hydrogen-bond donors (Lipinski definition) is 1. The van der Waals surface area contributed by atoms with Gasteiger partial charge < -0.3 is 14.8 Å². The first-order valence-electron chi connectivity index (χ1n) is 5.63. The Labute approximate surface area is 97.7 Å². The Morgan fingerprint density at radius 2 is 1.81 bits per heavy atom. The van der Waals surface area contributed by atoms with Crippen LogP contribution < -0.4 is 10.0 Å². The van der Waals surface area contributed by atoms with Crippen LogP contribution in [0.1, 0.15) is 30.1 Å². The van der Waals surface area contributed by atoms with Crippen molar-refractivity contribution in [1.82, 2.24) is 0 Å². The number of unbranched alkanes of at least 4 members (excludes halogenated alkanes) is 1. The van der Waals surface area contributed by atoms with Crippen molar-refractivity contribution in [1.29, 1.82) is 0 Å². The zero-order chi connectivity index (χ0) is 12.4. The molecule has 0 aliphatic heterocycles. The number of hydrogen-bond acceptors (Lipinski definition) is 2. The standard InChI is InChI=1S/C7H6O2.C6H15N/c8-7(9)6-4-2-1-3-5-6;1-4-5-6-7(2)3/h1-5H,(H,8,9);4-6H2,1-3H3. The van der Waals surface area contributed by atoms with Crippen LogP contribution in [-0.4, -0.2) is 26.6 Å². The molecule has 90 valence electrons. The highest BCUT2D eigenvalue weighted by atomic mass is 16.4. The van der Waals surface area contributed by atoms with Crippen LogP contribution in [-0.2, 0) is 0 Å². The number of aromatic carboxylic acids is 1. The molecule has 1 aromatic carbocycles. The quantitative estimate of drug-likeness (QED) is 0.780. The van der Waals surface area contributed by atoms with Gasteiger partial charge in [-0.2, -0.15) is 0 Å². The third-order valence-corrected chi connectivity index (χ3v) is 2.04. The van der Waals surface area contributed by atoms with E-state index < -0.39 is 5.97 Å². The lowest BCUT2D eigenvalue weighted by molar-refractivity contribution is -0.858. The molecule has 0 bridgehead atoms. The molecule has 1 N–H and O–H groups in total. The Balaban J connectivity index is 0.000000293. The SMILES string of the molecule is CCCC[NH+](C)C.O=C([O-])c1ccccc1. The van der Waals surface area contributed by atoms with Crippen molar-refractivity contribution in [3.8, 4) is 0 Å². The van der Waals surface area contributed by atoms with Gasteiger partial charge in [0.1, 0.15) is 0 Å². The fourth-order valence-electron chi connectivity index (χ4n) is 1.10. The number of rotatable bonds is 4. The number of nitrogens with one attached hydrogen (secondary N) is 1. The first-order chi connectivity index (χ1) is 7.57. The van der Waals surface area contributed by atoms with Crippen molar-refractivity contribution in [2.75, 3.05) is 20.6 Å². The van der Waals surface area contributed by atoms with Gasteiger partial charge in [0.05, 0.1) is 26.6 Å². The fourth-order valence-corrected chi connectivity index (χ4v) is 1.10. The predicted octanol–water partition coefficient (Wildman–Crippen LogP) is -0.0189. The maximum Gasteiger partial charge on any atom is 0.0766 e. The molecule has 0 unspecified atom stereocenters. The van der Waals surface area contributed by atoms with Crippen molar-refractivity contribution in [2.24, 2.45) is 0 Å². The van der Waals surface area contributed by atoms with Gasteiger partial charge >= 0.3 is 0 Å². The molecule has 0 amide bonds. The largest absolute Gasteiger partial charge is 0.545 e. The number of quaternary nitrogens is 1. The van der Waals surface area contributed by atoms with E-state index in [1.165, 1.54) is 31.5 Å². The number of carboxylic acid groups (broad SMARTS) is 1. The van der Waals surface area contributed by atoms with Gasteiger partial charge in [-0.05, 0) is 12.0 Å². The van der Waals surface area contributed by atoms with E-state index in [-0.39, 0.29) is 5.56 Å². The molecule has 1 rings (SSSR count). The third kappa shape index (κ3) is 8.00. The van der Waals surface area contributed by atoms with Crippen LogP contribution in [0.5, 0.6) is 0 Å². The molecule has 16 heavy (non-hydrogen) atoms. The summed E-state index contributed by atoms with van der Waals surface area (Å²) in [4.78, 5) is 11.6. The van der Waals surface area contributed by atoms with E-state index >= 15 is 0 Å². The molecule has 0 atom stereocenters. The van der Waals surface area contributed by atoms with Crippen molar-refractivity contribution in [2.45, 2.75) is 19.8 Å². The maximum absolute atomic E-state index is 10.1. The van der Waals surface area contributed by atoms with E-state index in [2.05, 4.69) is 21.0 Å². The molecule has 0 aliphatic carbocycles. The molecule has 3 heteroatoms. The van der Waals surface area contributed by atoms with E-state index in [1.54, 1.807) is 23.1 Å². The predicted molar refractivity (Wildman–Crippen MR) is 63.4 cm³/mol. The highest BCUT2D eigenvalue weighted by molar-refractivity contribution is 5.85. The summed E-state index contributed by atoms with van der Waals surface area (Å²) in [7, 11) is 4.38. The Bertz CT molecular complexity index is 283. The molecule has 1 aromatic rings. The van der Waals surface area contributed by atoms with Crippen molar-refractivity contribution in [3.05, 3.63) is 35.9 Å². The molecule has 0 fully saturated rings. The second kappa shape index (κ2) is 8.92. The van der Waals surface area contributed by atoms with Crippen molar-refractivity contribution < 1.29 is 14.8 Å². The molecule has 0 spiro atoms. The zero-order valence-electron chi connectivity index (χ0n) is 10.3. The summed E-state index contributed by atoms with van der Waals surface area (Å²) in [5.74, 6) is -1.13. The summed E-state index contributed by atoms with van der Waals surface area (Å²) >= 11 is 0. The average Bonchev–Trinajstić information content (AvgIpc) is 2.28. The number of carboxylic acids is 1. The second-order valence-corrected chi connectivity index (χ2v) is 3.96. The second-order valence-electron chi connectivity index (χ2n) is 3.96. The van der Waals surface area contributed by atoms with E-state index in [0.717, 1.165) is 0 Å². The molecule has 0 radical (unpaired) electrons. The third-order valence-electron chi connectivity index (χ3n) is 2.04. The van der Waals surface area contributed by atoms with Gasteiger partial charge in [-0.3, -0.25) is 0 Å². The van der Waals surface area contributed by atoms with Crippen molar-refractivity contribution in [3.63, 3.8) is 0 Å². The fraction of sp³-hybridized carbons (Fsp3) is 0.462. The summed E-state index contributed by atoms with van der Waals surface area (Å²) in [6.45, 7) is 3.54. The lowest BCUT2D eigenvalue weighted by Gasteiger charge is -2.03. The molecular weight excluding hydrogens is 202 g/mol. The van der Waals surface area contributed by atoms with E-state index in [4.69, 9.17) is 0 Å². The highest BCUT2D eigenvalue weighted by Gasteiger charge is 1.87. The minimum atomic E-state index is -1.13. The van der Waals surface area contributed by atoms with Gasteiger partial charge in [0.15, 0.2) is 0 Å². The van der Waals surface area contributed by atoms with Crippen LogP contribution in [0.15, 0.2) is 30.3 Å². The molecule has 0 heterocycles. The van der Waals surface area contributed by atoms with E-state index in [9.17, 15) is 9.90 Å². The first-order valence-corrected chi connectivity index (χ1v) is 5.63. The number of carbonyl (C=O) groups is 1. The summed E-state index contributed by atoms with van der Waals surface area (Å²) < 4.78 is 0. The minimum Gasteiger partial charge on any atom is -0.545 e. The van der Waals surface area contributed by atoms with Gasteiger partial charge in [0, 0.05) is 0 Å². The number of benzene rings is 1. The summed E-state index contributed by atoms with van der Waals surface area (Å²) in [6, 6.07) is 8.06. The lowest BCUT2D eigenvalue weighted by Crippen LogP contribution is -3.05. The van der Waals surface area contributed by atoms with Crippen molar-refractivity contribution >= 4 is 5.97 Å². The Kier molecular flexibility index (Phi) is 8.17. The average molecular weight is 223 g/mol. The molecule has 3 nitrogen and oxygen atoms in total. The Morgan fingerprint density at radius 3 is 2.06 bits per heavy atom. The first kappa shape index (κ1) is 14.6. The summed E-state index contributed by atoms with van der Waals surface area (Å²) in [5.41, 5.74) is 0.220. The minimum absolute atomic E-state index is 0.220. The molecular formula is C13H21NO2. The smallest absolute Gasteiger partial charge is 0.0766 e. The zero-order valence-corrected chi connectivity index (χ0v) is 10.3. The maximum atomic E-state index is 10.1.